The van der Waals surface area contributed by atoms with E-state index in [0.29, 0.717) is 30.0 Å². The van der Waals surface area contributed by atoms with Crippen molar-refractivity contribution >= 4 is 45.6 Å². The number of carbonyl (C=O) groups is 3. The fourth-order valence-corrected chi connectivity index (χ4v) is 6.38. The molecule has 0 radical (unpaired) electrons. The van der Waals surface area contributed by atoms with Crippen LogP contribution >= 0.6 is 11.6 Å². The molecule has 0 bridgehead atoms. The van der Waals surface area contributed by atoms with Gasteiger partial charge in [-0.15, -0.1) is 9.19 Å². The van der Waals surface area contributed by atoms with Gasteiger partial charge in [0.15, 0.2) is 18.0 Å². The van der Waals surface area contributed by atoms with Crippen LogP contribution in [0.3, 0.4) is 0 Å². The van der Waals surface area contributed by atoms with Crippen LogP contribution in [0.25, 0.3) is 0 Å². The predicted octanol–water partition coefficient (Wildman–Crippen LogP) is 3.34. The number of hydrogen-bond donors (Lipinski definition) is 2. The fraction of sp³-hybridized carbons (Fsp3) is 0.625. The summed E-state index contributed by atoms with van der Waals surface area (Å²) in [6.45, 7) is 11.3. The molecule has 2 atom stereocenters. The van der Waals surface area contributed by atoms with Gasteiger partial charge in [-0.2, -0.15) is 12.7 Å². The average Bonchev–Trinajstić information content (AvgIpc) is 3.40. The Bertz CT molecular complexity index is 1550. The minimum Gasteiger partial charge on any atom is -0.464 e. The number of ether oxygens (including phenoxy) is 4. The molecule has 0 saturated carbocycles. The number of nitrogens with zero attached hydrogens (tertiary/aromatic N) is 4. The van der Waals surface area contributed by atoms with Crippen LogP contribution < -0.4 is 15.5 Å². The van der Waals surface area contributed by atoms with Crippen molar-refractivity contribution in [2.24, 2.45) is 0 Å². The minimum atomic E-state index is -4.31. The number of halogens is 1. The van der Waals surface area contributed by atoms with E-state index in [-0.39, 0.29) is 49.9 Å². The van der Waals surface area contributed by atoms with E-state index in [0.717, 1.165) is 8.39 Å². The second-order valence-electron chi connectivity index (χ2n) is 12.5. The Morgan fingerprint density at radius 3 is 2.31 bits per heavy atom. The van der Waals surface area contributed by atoms with Crippen LogP contribution in [0.4, 0.5) is 10.6 Å². The zero-order valence-corrected chi connectivity index (χ0v) is 31.0. The Hall–Kier alpha value is -3.44. The number of piperidine rings is 1. The number of rotatable bonds is 15. The van der Waals surface area contributed by atoms with E-state index in [1.807, 2.05) is 0 Å². The normalized spacial score (nSPS) is 16.1. The molecule has 2 aromatic rings. The van der Waals surface area contributed by atoms with E-state index in [4.69, 9.17) is 30.5 Å². The van der Waals surface area contributed by atoms with Gasteiger partial charge in [-0.3, -0.25) is 4.79 Å². The second-order valence-corrected chi connectivity index (χ2v) is 14.8. The lowest BCUT2D eigenvalue weighted by Crippen LogP contribution is -2.52. The second kappa shape index (κ2) is 17.5. The maximum atomic E-state index is 14.2. The summed E-state index contributed by atoms with van der Waals surface area (Å²) in [6.07, 6.45) is -0.608. The van der Waals surface area contributed by atoms with Gasteiger partial charge in [-0.05, 0) is 66.0 Å². The van der Waals surface area contributed by atoms with E-state index in [2.05, 4.69) is 15.7 Å². The SMILES string of the molecule is CCOC(=O)C(NC(=O)c1nn(S(=O)(=O)N(C)C)c(N2CCC[C@@H](NC(=O)OC(C)(C)C)C2)c1Cc1ccccc1Cl)C(OCC)OCC. The zero-order valence-electron chi connectivity index (χ0n) is 29.4. The van der Waals surface area contributed by atoms with Crippen LogP contribution in [-0.2, 0) is 40.4 Å². The molecule has 0 aliphatic carbocycles. The summed E-state index contributed by atoms with van der Waals surface area (Å²) in [7, 11) is -1.61. The van der Waals surface area contributed by atoms with Crippen LogP contribution in [0.15, 0.2) is 24.3 Å². The van der Waals surface area contributed by atoms with E-state index in [1.165, 1.54) is 14.1 Å². The van der Waals surface area contributed by atoms with Crippen molar-refractivity contribution in [1.29, 1.82) is 0 Å². The number of amides is 2. The Balaban J connectivity index is 2.21. The summed E-state index contributed by atoms with van der Waals surface area (Å²) in [5, 5.41) is 10.3. The molecule has 1 aliphatic heterocycles. The molecule has 1 aliphatic rings. The molecule has 1 aromatic carbocycles. The number of aromatic nitrogens is 2. The summed E-state index contributed by atoms with van der Waals surface area (Å²) in [5.74, 6) is -1.55. The van der Waals surface area contributed by atoms with Crippen molar-refractivity contribution in [3.05, 3.63) is 46.1 Å². The lowest BCUT2D eigenvalue weighted by Gasteiger charge is -2.35. The van der Waals surface area contributed by atoms with Crippen molar-refractivity contribution in [2.75, 3.05) is 51.9 Å². The monoisotopic (exact) mass is 728 g/mol. The molecule has 15 nitrogen and oxygen atoms in total. The Labute approximate surface area is 293 Å². The molecule has 0 spiro atoms. The highest BCUT2D eigenvalue weighted by Crippen LogP contribution is 2.33. The van der Waals surface area contributed by atoms with Gasteiger partial charge in [0, 0.05) is 63.4 Å². The quantitative estimate of drug-likeness (QED) is 0.204. The number of carbonyl (C=O) groups excluding carboxylic acids is 3. The summed E-state index contributed by atoms with van der Waals surface area (Å²) in [4.78, 5) is 41.8. The highest BCUT2D eigenvalue weighted by molar-refractivity contribution is 7.87. The first-order chi connectivity index (χ1) is 23.0. The largest absolute Gasteiger partial charge is 0.464 e. The Morgan fingerprint density at radius 2 is 1.73 bits per heavy atom. The molecule has 2 amide bonds. The van der Waals surface area contributed by atoms with Gasteiger partial charge in [-0.25, -0.2) is 9.59 Å². The molecule has 1 aromatic heterocycles. The van der Waals surface area contributed by atoms with Crippen molar-refractivity contribution in [3.8, 4) is 0 Å². The van der Waals surface area contributed by atoms with Crippen molar-refractivity contribution in [3.63, 3.8) is 0 Å². The van der Waals surface area contributed by atoms with Gasteiger partial charge in [0.05, 0.1) is 6.61 Å². The van der Waals surface area contributed by atoms with E-state index in [1.54, 1.807) is 70.7 Å². The number of nitrogens with one attached hydrogen (secondary N) is 2. The molecule has 2 heterocycles. The number of benzene rings is 1. The minimum absolute atomic E-state index is 0.00575. The average molecular weight is 729 g/mol. The van der Waals surface area contributed by atoms with Crippen molar-refractivity contribution in [1.82, 2.24) is 24.1 Å². The summed E-state index contributed by atoms with van der Waals surface area (Å²) < 4.78 is 51.5. The molecule has 17 heteroatoms. The Kier molecular flexibility index (Phi) is 14.3. The molecule has 274 valence electrons. The molecule has 2 N–H and O–H groups in total. The lowest BCUT2D eigenvalue weighted by molar-refractivity contribution is -0.177. The third kappa shape index (κ3) is 10.5. The van der Waals surface area contributed by atoms with Crippen LogP contribution in [0.5, 0.6) is 0 Å². The Morgan fingerprint density at radius 1 is 1.08 bits per heavy atom. The summed E-state index contributed by atoms with van der Waals surface area (Å²) in [6, 6.07) is 5.15. The standard InChI is InChI=1S/C32H49ClN6O9S/c1-9-45-29(41)26(30(46-10-2)47-11-3)35-27(40)25-23(19-21-15-12-13-17-24(21)33)28(39(36-25)49(43,44)37(7)8)38-18-14-16-22(20-38)34-31(42)48-32(4,5)6/h12-13,15,17,22,26,30H,9-11,14,16,18-20H2,1-8H3,(H,34,42)(H,35,40)/t22-,26?/m1/s1. The van der Waals surface area contributed by atoms with Crippen LogP contribution in [-0.4, -0.2) is 111 Å². The van der Waals surface area contributed by atoms with Gasteiger partial charge in [0.2, 0.25) is 0 Å². The first-order valence-corrected chi connectivity index (χ1v) is 18.0. The smallest absolute Gasteiger partial charge is 0.407 e. The van der Waals surface area contributed by atoms with Crippen LogP contribution in [0.1, 0.15) is 76.0 Å². The molecular weight excluding hydrogens is 680 g/mol. The number of hydrogen-bond acceptors (Lipinski definition) is 11. The number of anilines is 1. The molecule has 49 heavy (non-hydrogen) atoms. The van der Waals surface area contributed by atoms with Gasteiger partial charge in [0.25, 0.3) is 5.91 Å². The molecule has 3 rings (SSSR count). The van der Waals surface area contributed by atoms with Crippen LogP contribution in [0.2, 0.25) is 5.02 Å². The molecule has 1 unspecified atom stereocenters. The highest BCUT2D eigenvalue weighted by Gasteiger charge is 2.38. The predicted molar refractivity (Wildman–Crippen MR) is 184 cm³/mol. The van der Waals surface area contributed by atoms with Crippen molar-refractivity contribution < 1.29 is 41.7 Å². The highest BCUT2D eigenvalue weighted by atomic mass is 35.5. The maximum absolute atomic E-state index is 14.2. The molecular formula is C32H49ClN6O9S. The van der Waals surface area contributed by atoms with Crippen molar-refractivity contribution in [2.45, 2.75) is 84.8 Å². The van der Waals surface area contributed by atoms with E-state index >= 15 is 0 Å². The maximum Gasteiger partial charge on any atom is 0.407 e. The number of alkyl carbamates (subject to hydrolysis) is 1. The molecule has 1 fully saturated rings. The summed E-state index contributed by atoms with van der Waals surface area (Å²) >= 11 is 6.57. The van der Waals surface area contributed by atoms with Gasteiger partial charge >= 0.3 is 22.3 Å². The third-order valence-electron chi connectivity index (χ3n) is 7.35. The summed E-state index contributed by atoms with van der Waals surface area (Å²) in [5.41, 5.74) is -0.138. The van der Waals surface area contributed by atoms with Gasteiger partial charge < -0.3 is 34.5 Å². The topological polar surface area (TPSA) is 171 Å². The lowest BCUT2D eigenvalue weighted by atomic mass is 10.0. The fourth-order valence-electron chi connectivity index (χ4n) is 5.24. The van der Waals surface area contributed by atoms with E-state index < -0.39 is 52.2 Å². The van der Waals surface area contributed by atoms with Gasteiger partial charge in [-0.1, -0.05) is 29.8 Å². The van der Waals surface area contributed by atoms with E-state index in [9.17, 15) is 22.8 Å². The zero-order chi connectivity index (χ0) is 36.5. The number of esters is 1. The first-order valence-electron chi connectivity index (χ1n) is 16.3. The van der Waals surface area contributed by atoms with Crippen LogP contribution in [0, 0.1) is 0 Å². The van der Waals surface area contributed by atoms with Gasteiger partial charge in [0.1, 0.15) is 11.4 Å². The third-order valence-corrected chi connectivity index (χ3v) is 9.33. The first kappa shape index (κ1) is 40.0. The molecule has 1 saturated heterocycles.